The van der Waals surface area contributed by atoms with E-state index in [1.165, 1.54) is 0 Å². The van der Waals surface area contributed by atoms with Crippen molar-refractivity contribution in [1.82, 2.24) is 10.1 Å². The van der Waals surface area contributed by atoms with Crippen LogP contribution in [-0.2, 0) is 4.74 Å². The number of nitrogens with zero attached hydrogens (tertiary/aromatic N) is 2. The molecule has 1 N–H and O–H groups in total. The van der Waals surface area contributed by atoms with Gasteiger partial charge in [0, 0.05) is 12.5 Å². The van der Waals surface area contributed by atoms with Crippen LogP contribution in [0.3, 0.4) is 0 Å². The van der Waals surface area contributed by atoms with Gasteiger partial charge in [0.2, 0.25) is 11.7 Å². The molecule has 5 nitrogen and oxygen atoms in total. The third-order valence-corrected chi connectivity index (χ3v) is 2.95. The zero-order valence-corrected chi connectivity index (χ0v) is 9.72. The van der Waals surface area contributed by atoms with Gasteiger partial charge in [-0.25, -0.2) is 0 Å². The fourth-order valence-corrected chi connectivity index (χ4v) is 1.91. The molecule has 0 aliphatic heterocycles. The first-order valence-corrected chi connectivity index (χ1v) is 5.87. The standard InChI is InChI=1S/C11H18N2O3/c1-3-9(15-4-2)10-12-11(16-13-10)7-5-8(14)6-7/h7-9,14H,3-6H2,1-2H3. The Balaban J connectivity index is 2.00. The molecule has 0 bridgehead atoms. The monoisotopic (exact) mass is 226 g/mol. The number of hydrogen-bond donors (Lipinski definition) is 1. The lowest BCUT2D eigenvalue weighted by molar-refractivity contribution is 0.0517. The predicted molar refractivity (Wildman–Crippen MR) is 56.9 cm³/mol. The van der Waals surface area contributed by atoms with Gasteiger partial charge in [-0.2, -0.15) is 4.98 Å². The average molecular weight is 226 g/mol. The van der Waals surface area contributed by atoms with Gasteiger partial charge in [-0.3, -0.25) is 0 Å². The van der Waals surface area contributed by atoms with Crippen LogP contribution in [0.2, 0.25) is 0 Å². The van der Waals surface area contributed by atoms with Crippen molar-refractivity contribution in [3.63, 3.8) is 0 Å². The summed E-state index contributed by atoms with van der Waals surface area (Å²) in [5.41, 5.74) is 0. The van der Waals surface area contributed by atoms with Crippen molar-refractivity contribution in [2.75, 3.05) is 6.61 Å². The Kier molecular flexibility index (Phi) is 3.56. The Hall–Kier alpha value is -0.940. The second-order valence-corrected chi connectivity index (χ2v) is 4.17. The van der Waals surface area contributed by atoms with E-state index in [9.17, 15) is 5.11 Å². The summed E-state index contributed by atoms with van der Waals surface area (Å²) in [5, 5.41) is 13.2. The number of aliphatic hydroxyl groups is 1. The van der Waals surface area contributed by atoms with Crippen LogP contribution in [0.1, 0.15) is 56.8 Å². The lowest BCUT2D eigenvalue weighted by atomic mass is 9.82. The maximum atomic E-state index is 9.21. The molecule has 1 fully saturated rings. The highest BCUT2D eigenvalue weighted by Gasteiger charge is 2.33. The first-order chi connectivity index (χ1) is 7.74. The van der Waals surface area contributed by atoms with Gasteiger partial charge in [-0.05, 0) is 26.2 Å². The lowest BCUT2D eigenvalue weighted by Crippen LogP contribution is -2.26. The maximum Gasteiger partial charge on any atom is 0.230 e. The normalized spacial score (nSPS) is 26.4. The molecule has 2 rings (SSSR count). The third-order valence-electron chi connectivity index (χ3n) is 2.95. The summed E-state index contributed by atoms with van der Waals surface area (Å²) < 4.78 is 10.7. The molecular weight excluding hydrogens is 208 g/mol. The van der Waals surface area contributed by atoms with Crippen LogP contribution in [0.15, 0.2) is 4.52 Å². The topological polar surface area (TPSA) is 68.4 Å². The molecule has 5 heteroatoms. The van der Waals surface area contributed by atoms with E-state index in [1.807, 2.05) is 13.8 Å². The fraction of sp³-hybridized carbons (Fsp3) is 0.818. The summed E-state index contributed by atoms with van der Waals surface area (Å²) >= 11 is 0. The second-order valence-electron chi connectivity index (χ2n) is 4.17. The summed E-state index contributed by atoms with van der Waals surface area (Å²) in [5.74, 6) is 1.49. The molecule has 1 atom stereocenters. The van der Waals surface area contributed by atoms with E-state index in [0.29, 0.717) is 18.3 Å². The van der Waals surface area contributed by atoms with E-state index in [2.05, 4.69) is 10.1 Å². The van der Waals surface area contributed by atoms with Crippen LogP contribution in [0.5, 0.6) is 0 Å². The second kappa shape index (κ2) is 4.93. The molecule has 0 saturated heterocycles. The van der Waals surface area contributed by atoms with Crippen LogP contribution in [-0.4, -0.2) is 28.0 Å². The molecule has 1 heterocycles. The van der Waals surface area contributed by atoms with Crippen molar-refractivity contribution in [3.05, 3.63) is 11.7 Å². The van der Waals surface area contributed by atoms with E-state index in [1.54, 1.807) is 0 Å². The van der Waals surface area contributed by atoms with E-state index >= 15 is 0 Å². The first-order valence-electron chi connectivity index (χ1n) is 5.87. The molecule has 1 aromatic rings. The number of hydrogen-bond acceptors (Lipinski definition) is 5. The Bertz CT molecular complexity index is 334. The van der Waals surface area contributed by atoms with Gasteiger partial charge in [0.05, 0.1) is 6.10 Å². The smallest absolute Gasteiger partial charge is 0.230 e. The van der Waals surface area contributed by atoms with Gasteiger partial charge >= 0.3 is 0 Å². The van der Waals surface area contributed by atoms with Crippen molar-refractivity contribution in [3.8, 4) is 0 Å². The van der Waals surface area contributed by atoms with Crippen LogP contribution in [0.4, 0.5) is 0 Å². The van der Waals surface area contributed by atoms with Crippen molar-refractivity contribution >= 4 is 0 Å². The van der Waals surface area contributed by atoms with E-state index in [0.717, 1.165) is 19.3 Å². The van der Waals surface area contributed by atoms with Gasteiger partial charge in [0.15, 0.2) is 0 Å². The minimum Gasteiger partial charge on any atom is -0.393 e. The van der Waals surface area contributed by atoms with Crippen LogP contribution in [0, 0.1) is 0 Å². The Morgan fingerprint density at radius 2 is 2.25 bits per heavy atom. The molecule has 1 aliphatic carbocycles. The highest BCUT2D eigenvalue weighted by molar-refractivity contribution is 5.02. The Morgan fingerprint density at radius 3 is 2.81 bits per heavy atom. The highest BCUT2D eigenvalue weighted by Crippen LogP contribution is 2.36. The van der Waals surface area contributed by atoms with Gasteiger partial charge in [-0.1, -0.05) is 12.1 Å². The van der Waals surface area contributed by atoms with Crippen LogP contribution >= 0.6 is 0 Å². The zero-order chi connectivity index (χ0) is 11.5. The summed E-state index contributed by atoms with van der Waals surface area (Å²) in [7, 11) is 0. The molecule has 1 saturated carbocycles. The summed E-state index contributed by atoms with van der Waals surface area (Å²) in [6.07, 6.45) is 2.02. The molecule has 1 aliphatic rings. The summed E-state index contributed by atoms with van der Waals surface area (Å²) in [6, 6.07) is 0. The molecule has 16 heavy (non-hydrogen) atoms. The molecular formula is C11H18N2O3. The maximum absolute atomic E-state index is 9.21. The zero-order valence-electron chi connectivity index (χ0n) is 9.72. The van der Waals surface area contributed by atoms with Crippen molar-refractivity contribution in [2.45, 2.75) is 51.2 Å². The predicted octanol–water partition coefficient (Wildman–Crippen LogP) is 1.80. The van der Waals surface area contributed by atoms with E-state index in [-0.39, 0.29) is 18.1 Å². The quantitative estimate of drug-likeness (QED) is 0.829. The number of aromatic nitrogens is 2. The minimum absolute atomic E-state index is 0.0764. The Labute approximate surface area is 94.8 Å². The summed E-state index contributed by atoms with van der Waals surface area (Å²) in [6.45, 7) is 4.62. The van der Waals surface area contributed by atoms with Crippen LogP contribution < -0.4 is 0 Å². The molecule has 0 spiro atoms. The largest absolute Gasteiger partial charge is 0.393 e. The molecule has 1 aromatic heterocycles. The SMILES string of the molecule is CCOC(CC)c1noc(C2CC(O)C2)n1. The van der Waals surface area contributed by atoms with Crippen LogP contribution in [0.25, 0.3) is 0 Å². The van der Waals surface area contributed by atoms with Crippen molar-refractivity contribution in [1.29, 1.82) is 0 Å². The van der Waals surface area contributed by atoms with Gasteiger partial charge in [-0.15, -0.1) is 0 Å². The van der Waals surface area contributed by atoms with E-state index < -0.39 is 0 Å². The highest BCUT2D eigenvalue weighted by atomic mass is 16.5. The van der Waals surface area contributed by atoms with Crippen molar-refractivity contribution in [2.24, 2.45) is 0 Å². The lowest BCUT2D eigenvalue weighted by Gasteiger charge is -2.27. The van der Waals surface area contributed by atoms with Crippen molar-refractivity contribution < 1.29 is 14.4 Å². The average Bonchev–Trinajstić information content (AvgIpc) is 2.70. The number of rotatable bonds is 5. The number of aliphatic hydroxyl groups excluding tert-OH is 1. The van der Waals surface area contributed by atoms with E-state index in [4.69, 9.17) is 9.26 Å². The first kappa shape index (κ1) is 11.5. The fourth-order valence-electron chi connectivity index (χ4n) is 1.91. The third kappa shape index (κ3) is 2.25. The van der Waals surface area contributed by atoms with Gasteiger partial charge in [0.1, 0.15) is 6.10 Å². The van der Waals surface area contributed by atoms with Gasteiger partial charge < -0.3 is 14.4 Å². The molecule has 0 aromatic carbocycles. The summed E-state index contributed by atoms with van der Waals surface area (Å²) in [4.78, 5) is 4.34. The Morgan fingerprint density at radius 1 is 1.50 bits per heavy atom. The van der Waals surface area contributed by atoms with Gasteiger partial charge in [0.25, 0.3) is 0 Å². The molecule has 0 radical (unpaired) electrons. The number of ether oxygens (including phenoxy) is 1. The minimum atomic E-state index is -0.200. The molecule has 90 valence electrons. The molecule has 1 unspecified atom stereocenters. The molecule has 0 amide bonds.